The second-order valence-electron chi connectivity index (χ2n) is 11.9. The fraction of sp³-hybridized carbons (Fsp3) is 0.485. The van der Waals surface area contributed by atoms with Gasteiger partial charge in [0.25, 0.3) is 5.60 Å². The maximum absolute atomic E-state index is 14.4. The number of allylic oxidation sites excluding steroid dienone is 1. The van der Waals surface area contributed by atoms with Gasteiger partial charge >= 0.3 is 12.1 Å². The monoisotopic (exact) mass is 559 g/mol. The summed E-state index contributed by atoms with van der Waals surface area (Å²) in [5.74, 6) is -0.660. The van der Waals surface area contributed by atoms with Crippen LogP contribution >= 0.6 is 0 Å². The van der Waals surface area contributed by atoms with Crippen LogP contribution in [-0.2, 0) is 29.4 Å². The first-order chi connectivity index (χ1) is 19.9. The van der Waals surface area contributed by atoms with E-state index < -0.39 is 17.7 Å². The molecule has 1 spiro atoms. The third-order valence-corrected chi connectivity index (χ3v) is 9.76. The van der Waals surface area contributed by atoms with Crippen molar-refractivity contribution in [3.05, 3.63) is 84.1 Å². The molecule has 2 aromatic rings. The Morgan fingerprint density at radius 3 is 2.02 bits per heavy atom. The summed E-state index contributed by atoms with van der Waals surface area (Å²) in [6.07, 6.45) is 6.34. The standard InChI is InChI=1S/C33H39N2O6/c1-24-14-17-30(36)34(24)18-21-39-32(38)41-33(25-10-4-2-5-11-25,26-12-6-3-7-13-26)31(37)40-29-22-27-15-16-28(23-29)35(27)19-8-9-20-35/h2-7,10-13,27-29H,1,8-9,14-23H2/q+1. The van der Waals surface area contributed by atoms with Crippen molar-refractivity contribution in [2.75, 3.05) is 26.2 Å². The van der Waals surface area contributed by atoms with Crippen molar-refractivity contribution in [3.63, 3.8) is 0 Å². The number of benzene rings is 2. The number of ether oxygens (including phenoxy) is 3. The Morgan fingerprint density at radius 1 is 0.902 bits per heavy atom. The van der Waals surface area contributed by atoms with E-state index in [2.05, 4.69) is 6.58 Å². The van der Waals surface area contributed by atoms with Crippen molar-refractivity contribution in [2.45, 2.75) is 75.2 Å². The molecule has 4 fully saturated rings. The molecule has 0 N–H and O–H groups in total. The fourth-order valence-electron chi connectivity index (χ4n) is 7.80. The lowest BCUT2D eigenvalue weighted by atomic mass is 9.85. The van der Waals surface area contributed by atoms with Crippen LogP contribution in [0, 0.1) is 0 Å². The van der Waals surface area contributed by atoms with Gasteiger partial charge in [0.2, 0.25) is 5.91 Å². The highest BCUT2D eigenvalue weighted by molar-refractivity contribution is 5.88. The van der Waals surface area contributed by atoms with E-state index >= 15 is 0 Å². The molecular weight excluding hydrogens is 520 g/mol. The zero-order chi connectivity index (χ0) is 28.5. The lowest BCUT2D eigenvalue weighted by Crippen LogP contribution is -2.60. The number of carbonyl (C=O) groups excluding carboxylic acids is 3. The molecule has 2 bridgehead atoms. The molecule has 4 aliphatic heterocycles. The first-order valence-corrected chi connectivity index (χ1v) is 14.9. The number of nitrogens with zero attached hydrogens (tertiary/aromatic N) is 2. The van der Waals surface area contributed by atoms with Crippen molar-refractivity contribution in [1.29, 1.82) is 0 Å². The van der Waals surface area contributed by atoms with Gasteiger partial charge in [0.1, 0.15) is 12.7 Å². The summed E-state index contributed by atoms with van der Waals surface area (Å²) in [5, 5.41) is 0. The molecule has 4 aliphatic rings. The fourth-order valence-corrected chi connectivity index (χ4v) is 7.80. The SMILES string of the molecule is C=C1CCC(=O)N1CCOC(=O)OC(C(=O)OC1CC2CCC(C1)[N+]21CCCC1)(c1ccccc1)c1ccccc1. The number of esters is 1. The molecule has 41 heavy (non-hydrogen) atoms. The third-order valence-electron chi connectivity index (χ3n) is 9.76. The zero-order valence-corrected chi connectivity index (χ0v) is 23.5. The van der Waals surface area contributed by atoms with Gasteiger partial charge in [-0.2, -0.15) is 0 Å². The van der Waals surface area contributed by atoms with Crippen molar-refractivity contribution in [3.8, 4) is 0 Å². The highest BCUT2D eigenvalue weighted by atomic mass is 16.7. The van der Waals surface area contributed by atoms with Gasteiger partial charge in [-0.1, -0.05) is 67.2 Å². The van der Waals surface area contributed by atoms with Crippen molar-refractivity contribution in [1.82, 2.24) is 4.90 Å². The molecule has 0 aromatic heterocycles. The minimum Gasteiger partial charge on any atom is -0.458 e. The Balaban J connectivity index is 1.25. The number of hydrogen-bond donors (Lipinski definition) is 0. The summed E-state index contributed by atoms with van der Waals surface area (Å²) in [7, 11) is 0. The van der Waals surface area contributed by atoms with Crippen LogP contribution in [0.4, 0.5) is 4.79 Å². The van der Waals surface area contributed by atoms with E-state index in [4.69, 9.17) is 14.2 Å². The van der Waals surface area contributed by atoms with Gasteiger partial charge in [-0.05, 0) is 6.42 Å². The van der Waals surface area contributed by atoms with E-state index in [1.165, 1.54) is 48.2 Å². The number of amides is 1. The Labute approximate surface area is 241 Å². The lowest BCUT2D eigenvalue weighted by molar-refractivity contribution is -0.956. The maximum Gasteiger partial charge on any atom is 0.510 e. The predicted octanol–water partition coefficient (Wildman–Crippen LogP) is 5.07. The molecule has 0 radical (unpaired) electrons. The summed E-state index contributed by atoms with van der Waals surface area (Å²) < 4.78 is 19.0. The van der Waals surface area contributed by atoms with Crippen LogP contribution in [0.1, 0.15) is 62.5 Å². The Bertz CT molecular complexity index is 1220. The summed E-state index contributed by atoms with van der Waals surface area (Å²) >= 11 is 0. The van der Waals surface area contributed by atoms with Gasteiger partial charge < -0.3 is 23.6 Å². The minimum absolute atomic E-state index is 0.0436. The van der Waals surface area contributed by atoms with Crippen LogP contribution in [0.15, 0.2) is 72.9 Å². The summed E-state index contributed by atoms with van der Waals surface area (Å²) in [6.45, 7) is 6.49. The van der Waals surface area contributed by atoms with Crippen LogP contribution < -0.4 is 0 Å². The van der Waals surface area contributed by atoms with Gasteiger partial charge in [0.15, 0.2) is 0 Å². The smallest absolute Gasteiger partial charge is 0.458 e. The van der Waals surface area contributed by atoms with E-state index in [0.29, 0.717) is 41.7 Å². The number of rotatable bonds is 8. The molecule has 4 heterocycles. The van der Waals surface area contributed by atoms with Crippen LogP contribution in [0.2, 0.25) is 0 Å². The highest BCUT2D eigenvalue weighted by Gasteiger charge is 2.57. The van der Waals surface area contributed by atoms with Crippen LogP contribution in [-0.4, -0.2) is 71.8 Å². The van der Waals surface area contributed by atoms with E-state index in [1.807, 2.05) is 36.4 Å². The minimum atomic E-state index is -1.84. The maximum atomic E-state index is 14.4. The first kappa shape index (κ1) is 27.5. The lowest BCUT2D eigenvalue weighted by Gasteiger charge is -2.47. The van der Waals surface area contributed by atoms with Crippen LogP contribution in [0.25, 0.3) is 0 Å². The van der Waals surface area contributed by atoms with Gasteiger partial charge in [-0.3, -0.25) is 4.79 Å². The molecule has 2 atom stereocenters. The molecule has 0 saturated carbocycles. The van der Waals surface area contributed by atoms with Gasteiger partial charge in [-0.25, -0.2) is 9.59 Å². The summed E-state index contributed by atoms with van der Waals surface area (Å²) in [5.41, 5.74) is -0.169. The number of piperidine rings is 1. The normalized spacial score (nSPS) is 25.0. The number of hydrogen-bond acceptors (Lipinski definition) is 6. The highest BCUT2D eigenvalue weighted by Crippen LogP contribution is 2.47. The quantitative estimate of drug-likeness (QED) is 0.332. The first-order valence-electron chi connectivity index (χ1n) is 14.9. The Morgan fingerprint density at radius 2 is 1.49 bits per heavy atom. The third kappa shape index (κ3) is 5.03. The average Bonchev–Trinajstić information content (AvgIpc) is 3.64. The van der Waals surface area contributed by atoms with E-state index in [-0.39, 0.29) is 25.2 Å². The number of quaternary nitrogens is 1. The zero-order valence-electron chi connectivity index (χ0n) is 23.5. The van der Waals surface area contributed by atoms with Gasteiger partial charge in [-0.15, -0.1) is 0 Å². The summed E-state index contributed by atoms with van der Waals surface area (Å²) in [6, 6.07) is 19.0. The second kappa shape index (κ2) is 11.3. The van der Waals surface area contributed by atoms with Gasteiger partial charge in [0.05, 0.1) is 31.7 Å². The van der Waals surface area contributed by atoms with Crippen molar-refractivity contribution in [2.24, 2.45) is 0 Å². The Kier molecular flexibility index (Phi) is 7.60. The molecule has 2 aromatic carbocycles. The average molecular weight is 560 g/mol. The predicted molar refractivity (Wildman–Crippen MR) is 151 cm³/mol. The Hall–Kier alpha value is -3.65. The van der Waals surface area contributed by atoms with Crippen molar-refractivity contribution < 1.29 is 33.1 Å². The number of likely N-dealkylation sites (tertiary alicyclic amines) is 1. The molecule has 2 unspecified atom stereocenters. The number of carbonyl (C=O) groups is 3. The molecule has 216 valence electrons. The largest absolute Gasteiger partial charge is 0.510 e. The van der Waals surface area contributed by atoms with E-state index in [1.54, 1.807) is 24.3 Å². The van der Waals surface area contributed by atoms with E-state index in [0.717, 1.165) is 12.8 Å². The van der Waals surface area contributed by atoms with Crippen LogP contribution in [0.3, 0.4) is 0 Å². The van der Waals surface area contributed by atoms with Crippen molar-refractivity contribution >= 4 is 18.0 Å². The van der Waals surface area contributed by atoms with Crippen LogP contribution in [0.5, 0.6) is 0 Å². The summed E-state index contributed by atoms with van der Waals surface area (Å²) in [4.78, 5) is 41.2. The molecule has 8 nitrogen and oxygen atoms in total. The molecule has 4 saturated heterocycles. The van der Waals surface area contributed by atoms with Gasteiger partial charge in [0, 0.05) is 61.8 Å². The molecule has 0 aliphatic carbocycles. The second-order valence-corrected chi connectivity index (χ2v) is 11.9. The topological polar surface area (TPSA) is 82.1 Å². The van der Waals surface area contributed by atoms with E-state index in [9.17, 15) is 14.4 Å². The molecule has 1 amide bonds. The molecule has 6 rings (SSSR count). The molecular formula is C33H39N2O6+. The molecule has 8 heteroatoms.